The molecule has 1 unspecified atom stereocenters. The van der Waals surface area contributed by atoms with Crippen molar-refractivity contribution in [3.8, 4) is 0 Å². The van der Waals surface area contributed by atoms with Crippen LogP contribution in [0.5, 0.6) is 0 Å². The lowest BCUT2D eigenvalue weighted by Gasteiger charge is -2.30. The number of carbonyl (C=O) groups is 1. The second-order valence-electron chi connectivity index (χ2n) is 5.37. The summed E-state index contributed by atoms with van der Waals surface area (Å²) in [6, 6.07) is 4.89. The van der Waals surface area contributed by atoms with Gasteiger partial charge in [0.1, 0.15) is 0 Å². The molecular weight excluding hydrogens is 295 g/mol. The molecule has 20 heavy (non-hydrogen) atoms. The van der Waals surface area contributed by atoms with Gasteiger partial charge in [-0.05, 0) is 37.0 Å². The lowest BCUT2D eigenvalue weighted by Crippen LogP contribution is -2.45. The van der Waals surface area contributed by atoms with Crippen molar-refractivity contribution in [3.63, 3.8) is 0 Å². The molecule has 3 nitrogen and oxygen atoms in total. The van der Waals surface area contributed by atoms with E-state index in [0.29, 0.717) is 28.1 Å². The van der Waals surface area contributed by atoms with E-state index in [1.54, 1.807) is 18.2 Å². The zero-order chi connectivity index (χ0) is 14.5. The minimum absolute atomic E-state index is 0.0283. The lowest BCUT2D eigenvalue weighted by atomic mass is 9.84. The maximum Gasteiger partial charge on any atom is 0.251 e. The van der Waals surface area contributed by atoms with Crippen molar-refractivity contribution >= 4 is 29.1 Å². The molecule has 1 aromatic rings. The van der Waals surface area contributed by atoms with Crippen molar-refractivity contribution < 1.29 is 4.79 Å². The zero-order valence-corrected chi connectivity index (χ0v) is 12.9. The molecular formula is C15H20Cl2N2O. The Kier molecular flexibility index (Phi) is 5.70. The second kappa shape index (κ2) is 7.30. The molecule has 0 aliphatic heterocycles. The standard InChI is InChI=1S/C15H20Cl2N2O/c16-12-6-11(7-13(17)8-12)15(20)19-14(9-18)10-4-2-1-3-5-10/h6-8,10,14H,1-5,9,18H2,(H,19,20). The number of halogens is 2. The van der Waals surface area contributed by atoms with Gasteiger partial charge in [0, 0.05) is 28.2 Å². The van der Waals surface area contributed by atoms with Crippen LogP contribution < -0.4 is 11.1 Å². The van der Waals surface area contributed by atoms with E-state index in [0.717, 1.165) is 12.8 Å². The average Bonchev–Trinajstić information content (AvgIpc) is 2.44. The van der Waals surface area contributed by atoms with Crippen molar-refractivity contribution in [3.05, 3.63) is 33.8 Å². The van der Waals surface area contributed by atoms with Gasteiger partial charge in [0.05, 0.1) is 0 Å². The summed E-state index contributed by atoms with van der Waals surface area (Å²) >= 11 is 11.8. The Morgan fingerprint density at radius 1 is 1.20 bits per heavy atom. The van der Waals surface area contributed by atoms with Gasteiger partial charge < -0.3 is 11.1 Å². The molecule has 0 bridgehead atoms. The SMILES string of the molecule is NCC(NC(=O)c1cc(Cl)cc(Cl)c1)C1CCCCC1. The molecule has 0 saturated heterocycles. The summed E-state index contributed by atoms with van der Waals surface area (Å²) in [6.07, 6.45) is 6.00. The molecule has 1 saturated carbocycles. The third kappa shape index (κ3) is 4.11. The zero-order valence-electron chi connectivity index (χ0n) is 11.4. The average molecular weight is 315 g/mol. The van der Waals surface area contributed by atoms with Gasteiger partial charge in [-0.15, -0.1) is 0 Å². The van der Waals surface area contributed by atoms with Crippen LogP contribution in [0.4, 0.5) is 0 Å². The maximum atomic E-state index is 12.3. The minimum atomic E-state index is -0.157. The van der Waals surface area contributed by atoms with E-state index < -0.39 is 0 Å². The van der Waals surface area contributed by atoms with E-state index in [9.17, 15) is 4.79 Å². The highest BCUT2D eigenvalue weighted by Gasteiger charge is 2.24. The van der Waals surface area contributed by atoms with Crippen molar-refractivity contribution in [1.82, 2.24) is 5.32 Å². The van der Waals surface area contributed by atoms with Gasteiger partial charge in [0.25, 0.3) is 5.91 Å². The molecule has 1 atom stereocenters. The van der Waals surface area contributed by atoms with Crippen molar-refractivity contribution in [2.75, 3.05) is 6.54 Å². The number of rotatable bonds is 4. The Bertz CT molecular complexity index is 453. The van der Waals surface area contributed by atoms with Crippen LogP contribution in [0.15, 0.2) is 18.2 Å². The Labute approximate surface area is 129 Å². The fourth-order valence-corrected chi connectivity index (χ4v) is 3.37. The summed E-state index contributed by atoms with van der Waals surface area (Å²) < 4.78 is 0. The van der Waals surface area contributed by atoms with Crippen LogP contribution in [-0.2, 0) is 0 Å². The van der Waals surface area contributed by atoms with Crippen LogP contribution in [0.1, 0.15) is 42.5 Å². The van der Waals surface area contributed by atoms with Crippen LogP contribution in [0.25, 0.3) is 0 Å². The number of hydrogen-bond donors (Lipinski definition) is 2. The van der Waals surface area contributed by atoms with E-state index in [1.165, 1.54) is 19.3 Å². The summed E-state index contributed by atoms with van der Waals surface area (Å²) in [4.78, 5) is 12.3. The Morgan fingerprint density at radius 2 is 1.80 bits per heavy atom. The van der Waals surface area contributed by atoms with Gasteiger partial charge in [-0.2, -0.15) is 0 Å². The number of hydrogen-bond acceptors (Lipinski definition) is 2. The third-order valence-electron chi connectivity index (χ3n) is 3.91. The second-order valence-corrected chi connectivity index (χ2v) is 6.24. The van der Waals surface area contributed by atoms with Crippen LogP contribution in [-0.4, -0.2) is 18.5 Å². The molecule has 1 fully saturated rings. The Morgan fingerprint density at radius 3 is 2.35 bits per heavy atom. The summed E-state index contributed by atoms with van der Waals surface area (Å²) in [7, 11) is 0. The molecule has 0 spiro atoms. The first kappa shape index (κ1) is 15.6. The quantitative estimate of drug-likeness (QED) is 0.891. The summed E-state index contributed by atoms with van der Waals surface area (Å²) in [5.74, 6) is 0.322. The molecule has 1 amide bonds. The van der Waals surface area contributed by atoms with Gasteiger partial charge in [0.15, 0.2) is 0 Å². The number of carbonyl (C=O) groups excluding carboxylic acids is 1. The monoisotopic (exact) mass is 314 g/mol. The predicted octanol–water partition coefficient (Wildman–Crippen LogP) is 3.63. The third-order valence-corrected chi connectivity index (χ3v) is 4.35. The van der Waals surface area contributed by atoms with Crippen molar-refractivity contribution in [1.29, 1.82) is 0 Å². The highest BCUT2D eigenvalue weighted by Crippen LogP contribution is 2.26. The first-order chi connectivity index (χ1) is 9.60. The minimum Gasteiger partial charge on any atom is -0.348 e. The molecule has 0 heterocycles. The summed E-state index contributed by atoms with van der Waals surface area (Å²) in [6.45, 7) is 0.463. The molecule has 110 valence electrons. The van der Waals surface area contributed by atoms with Crippen LogP contribution in [0, 0.1) is 5.92 Å². The summed E-state index contributed by atoms with van der Waals surface area (Å²) in [5, 5.41) is 3.95. The number of nitrogens with one attached hydrogen (secondary N) is 1. The van der Waals surface area contributed by atoms with E-state index in [4.69, 9.17) is 28.9 Å². The molecule has 2 rings (SSSR count). The molecule has 3 N–H and O–H groups in total. The fraction of sp³-hybridized carbons (Fsp3) is 0.533. The molecule has 1 aliphatic rings. The Balaban J connectivity index is 2.04. The maximum absolute atomic E-state index is 12.3. The largest absolute Gasteiger partial charge is 0.348 e. The van der Waals surface area contributed by atoms with Gasteiger partial charge in [-0.3, -0.25) is 4.79 Å². The van der Waals surface area contributed by atoms with Gasteiger partial charge in [-0.25, -0.2) is 0 Å². The number of nitrogens with two attached hydrogens (primary N) is 1. The van der Waals surface area contributed by atoms with E-state index in [-0.39, 0.29) is 11.9 Å². The van der Waals surface area contributed by atoms with Crippen molar-refractivity contribution in [2.24, 2.45) is 11.7 Å². The van der Waals surface area contributed by atoms with Gasteiger partial charge in [0.2, 0.25) is 0 Å². The number of benzene rings is 1. The van der Waals surface area contributed by atoms with E-state index in [2.05, 4.69) is 5.32 Å². The van der Waals surface area contributed by atoms with Crippen LogP contribution >= 0.6 is 23.2 Å². The topological polar surface area (TPSA) is 55.1 Å². The van der Waals surface area contributed by atoms with Gasteiger partial charge in [-0.1, -0.05) is 42.5 Å². The highest BCUT2D eigenvalue weighted by molar-refractivity contribution is 6.35. The summed E-state index contributed by atoms with van der Waals surface area (Å²) in [5.41, 5.74) is 6.31. The molecule has 0 radical (unpaired) electrons. The number of amides is 1. The van der Waals surface area contributed by atoms with E-state index in [1.807, 2.05) is 0 Å². The normalized spacial score (nSPS) is 17.8. The molecule has 0 aromatic heterocycles. The van der Waals surface area contributed by atoms with Crippen molar-refractivity contribution in [2.45, 2.75) is 38.1 Å². The van der Waals surface area contributed by atoms with Crippen LogP contribution in [0.3, 0.4) is 0 Å². The highest BCUT2D eigenvalue weighted by atomic mass is 35.5. The van der Waals surface area contributed by atoms with Crippen LogP contribution in [0.2, 0.25) is 10.0 Å². The Hall–Kier alpha value is -0.770. The molecule has 5 heteroatoms. The lowest BCUT2D eigenvalue weighted by molar-refractivity contribution is 0.0915. The van der Waals surface area contributed by atoms with Gasteiger partial charge >= 0.3 is 0 Å². The molecule has 1 aromatic carbocycles. The predicted molar refractivity (Wildman–Crippen MR) is 83.3 cm³/mol. The van der Waals surface area contributed by atoms with E-state index >= 15 is 0 Å². The molecule has 1 aliphatic carbocycles. The fourth-order valence-electron chi connectivity index (χ4n) is 2.84. The first-order valence-electron chi connectivity index (χ1n) is 7.07. The first-order valence-corrected chi connectivity index (χ1v) is 7.83. The smallest absolute Gasteiger partial charge is 0.251 e.